The van der Waals surface area contributed by atoms with Crippen molar-refractivity contribution in [3.63, 3.8) is 0 Å². The Morgan fingerprint density at radius 3 is 2.96 bits per heavy atom. The van der Waals surface area contributed by atoms with Gasteiger partial charge in [0.05, 0.1) is 22.8 Å². The number of aromatic nitrogens is 3. The number of aryl methyl sites for hydroxylation is 3. The summed E-state index contributed by atoms with van der Waals surface area (Å²) in [7, 11) is 1.90. The molecule has 3 heterocycles. The number of carbonyl (C=O) groups excluding carboxylic acids is 1. The second-order valence-electron chi connectivity index (χ2n) is 6.11. The standard InChI is InChI=1S/C16H23N5OS/c1-10-11(2)23-15(20-10)4-5-18-16(22)14-8-17-7-13(14)12-6-19-21(3)9-12/h6,9,13-14,17H,4-5,7-8H2,1-3H3,(H,18,22)/t13-,14+/m1/s1. The minimum atomic E-state index is -0.0287. The van der Waals surface area contributed by atoms with Gasteiger partial charge in [-0.15, -0.1) is 11.3 Å². The number of amides is 1. The number of carbonyl (C=O) groups is 1. The predicted molar refractivity (Wildman–Crippen MR) is 90.6 cm³/mol. The molecular formula is C16H23N5OS. The molecule has 0 aliphatic carbocycles. The van der Waals surface area contributed by atoms with Crippen LogP contribution in [0, 0.1) is 19.8 Å². The zero-order chi connectivity index (χ0) is 16.4. The minimum absolute atomic E-state index is 0.0287. The van der Waals surface area contributed by atoms with Crippen molar-refractivity contribution in [3.05, 3.63) is 33.5 Å². The summed E-state index contributed by atoms with van der Waals surface area (Å²) in [6.07, 6.45) is 4.65. The lowest BCUT2D eigenvalue weighted by atomic mass is 9.90. The van der Waals surface area contributed by atoms with Gasteiger partial charge in [-0.1, -0.05) is 0 Å². The molecule has 2 aromatic heterocycles. The zero-order valence-electron chi connectivity index (χ0n) is 13.8. The fourth-order valence-electron chi connectivity index (χ4n) is 3.01. The van der Waals surface area contributed by atoms with Crippen LogP contribution in [0.5, 0.6) is 0 Å². The first-order chi connectivity index (χ1) is 11.0. The van der Waals surface area contributed by atoms with E-state index in [4.69, 9.17) is 0 Å². The van der Waals surface area contributed by atoms with Crippen LogP contribution >= 0.6 is 11.3 Å². The second kappa shape index (κ2) is 6.80. The van der Waals surface area contributed by atoms with E-state index < -0.39 is 0 Å². The highest BCUT2D eigenvalue weighted by molar-refractivity contribution is 7.11. The molecule has 2 aromatic rings. The molecule has 124 valence electrons. The summed E-state index contributed by atoms with van der Waals surface area (Å²) >= 11 is 1.71. The SMILES string of the molecule is Cc1nc(CCNC(=O)[C@H]2CNC[C@@H]2c2cnn(C)c2)sc1C. The van der Waals surface area contributed by atoms with E-state index in [1.165, 1.54) is 4.88 Å². The van der Waals surface area contributed by atoms with Gasteiger partial charge in [0.1, 0.15) is 0 Å². The molecule has 1 amide bonds. The maximum Gasteiger partial charge on any atom is 0.225 e. The highest BCUT2D eigenvalue weighted by atomic mass is 32.1. The number of thiazole rings is 1. The number of hydrogen-bond donors (Lipinski definition) is 2. The van der Waals surface area contributed by atoms with Crippen molar-refractivity contribution >= 4 is 17.2 Å². The number of rotatable bonds is 5. The summed E-state index contributed by atoms with van der Waals surface area (Å²) in [4.78, 5) is 18.3. The van der Waals surface area contributed by atoms with Crippen molar-refractivity contribution < 1.29 is 4.79 Å². The first-order valence-corrected chi connectivity index (χ1v) is 8.76. The van der Waals surface area contributed by atoms with Gasteiger partial charge in [0.15, 0.2) is 0 Å². The molecule has 1 aliphatic heterocycles. The van der Waals surface area contributed by atoms with Crippen LogP contribution in [-0.2, 0) is 18.3 Å². The van der Waals surface area contributed by atoms with Gasteiger partial charge in [0, 0.05) is 50.1 Å². The van der Waals surface area contributed by atoms with Gasteiger partial charge in [0.25, 0.3) is 0 Å². The normalized spacial score (nSPS) is 20.8. The quantitative estimate of drug-likeness (QED) is 0.861. The van der Waals surface area contributed by atoms with E-state index in [1.807, 2.05) is 26.4 Å². The van der Waals surface area contributed by atoms with E-state index in [1.54, 1.807) is 16.0 Å². The molecule has 1 fully saturated rings. The van der Waals surface area contributed by atoms with Crippen molar-refractivity contribution in [3.8, 4) is 0 Å². The van der Waals surface area contributed by atoms with Crippen LogP contribution in [0.1, 0.15) is 27.1 Å². The monoisotopic (exact) mass is 333 g/mol. The molecular weight excluding hydrogens is 310 g/mol. The van der Waals surface area contributed by atoms with Gasteiger partial charge < -0.3 is 10.6 Å². The maximum absolute atomic E-state index is 12.5. The number of nitrogens with zero attached hydrogens (tertiary/aromatic N) is 3. The minimum Gasteiger partial charge on any atom is -0.355 e. The zero-order valence-corrected chi connectivity index (χ0v) is 14.6. The molecule has 0 aromatic carbocycles. The van der Waals surface area contributed by atoms with Crippen LogP contribution in [0.15, 0.2) is 12.4 Å². The van der Waals surface area contributed by atoms with Crippen LogP contribution in [-0.4, -0.2) is 40.3 Å². The van der Waals surface area contributed by atoms with Gasteiger partial charge in [0.2, 0.25) is 5.91 Å². The highest BCUT2D eigenvalue weighted by Crippen LogP contribution is 2.27. The Balaban J connectivity index is 1.55. The molecule has 3 rings (SSSR count). The van der Waals surface area contributed by atoms with Gasteiger partial charge >= 0.3 is 0 Å². The summed E-state index contributed by atoms with van der Waals surface area (Å²) in [5, 5.41) is 11.7. The molecule has 0 spiro atoms. The van der Waals surface area contributed by atoms with Gasteiger partial charge in [-0.25, -0.2) is 4.98 Å². The summed E-state index contributed by atoms with van der Waals surface area (Å²) in [6, 6.07) is 0. The van der Waals surface area contributed by atoms with Crippen LogP contribution in [0.4, 0.5) is 0 Å². The molecule has 2 N–H and O–H groups in total. The van der Waals surface area contributed by atoms with Crippen molar-refractivity contribution in [1.29, 1.82) is 0 Å². The molecule has 23 heavy (non-hydrogen) atoms. The first kappa shape index (κ1) is 16.1. The number of hydrogen-bond acceptors (Lipinski definition) is 5. The van der Waals surface area contributed by atoms with E-state index in [-0.39, 0.29) is 17.7 Å². The van der Waals surface area contributed by atoms with Crippen LogP contribution < -0.4 is 10.6 Å². The molecule has 0 bridgehead atoms. The molecule has 2 atom stereocenters. The Morgan fingerprint density at radius 2 is 2.30 bits per heavy atom. The molecule has 6 nitrogen and oxygen atoms in total. The van der Waals surface area contributed by atoms with Crippen molar-refractivity contribution in [2.24, 2.45) is 13.0 Å². The average molecular weight is 333 g/mol. The topological polar surface area (TPSA) is 71.8 Å². The Morgan fingerprint density at radius 1 is 1.48 bits per heavy atom. The van der Waals surface area contributed by atoms with E-state index in [2.05, 4.69) is 27.6 Å². The summed E-state index contributed by atoms with van der Waals surface area (Å²) in [6.45, 7) is 6.30. The summed E-state index contributed by atoms with van der Waals surface area (Å²) in [5.74, 6) is 0.292. The van der Waals surface area contributed by atoms with Crippen LogP contribution in [0.2, 0.25) is 0 Å². The maximum atomic E-state index is 12.5. The van der Waals surface area contributed by atoms with Crippen molar-refractivity contribution in [2.75, 3.05) is 19.6 Å². The largest absolute Gasteiger partial charge is 0.355 e. The number of nitrogens with one attached hydrogen (secondary N) is 2. The molecule has 0 unspecified atom stereocenters. The second-order valence-corrected chi connectivity index (χ2v) is 7.40. The predicted octanol–water partition coefficient (Wildman–Crippen LogP) is 1.16. The Bertz CT molecular complexity index is 673. The third kappa shape index (κ3) is 3.61. The fourth-order valence-corrected chi connectivity index (χ4v) is 3.94. The smallest absolute Gasteiger partial charge is 0.225 e. The lowest BCUT2D eigenvalue weighted by Crippen LogP contribution is -2.35. The Kier molecular flexibility index (Phi) is 4.77. The van der Waals surface area contributed by atoms with Gasteiger partial charge in [-0.2, -0.15) is 5.10 Å². The third-order valence-corrected chi connectivity index (χ3v) is 5.55. The first-order valence-electron chi connectivity index (χ1n) is 7.94. The van der Waals surface area contributed by atoms with E-state index >= 15 is 0 Å². The lowest BCUT2D eigenvalue weighted by Gasteiger charge is -2.16. The van der Waals surface area contributed by atoms with Crippen LogP contribution in [0.25, 0.3) is 0 Å². The van der Waals surface area contributed by atoms with Gasteiger partial charge in [-0.05, 0) is 19.4 Å². The highest BCUT2D eigenvalue weighted by Gasteiger charge is 2.34. The van der Waals surface area contributed by atoms with E-state index in [9.17, 15) is 4.79 Å². The van der Waals surface area contributed by atoms with Crippen molar-refractivity contribution in [1.82, 2.24) is 25.4 Å². The molecule has 1 saturated heterocycles. The fraction of sp³-hybridized carbons (Fsp3) is 0.562. The Labute approximate surface area is 140 Å². The van der Waals surface area contributed by atoms with Crippen molar-refractivity contribution in [2.45, 2.75) is 26.2 Å². The molecule has 0 radical (unpaired) electrons. The van der Waals surface area contributed by atoms with Gasteiger partial charge in [-0.3, -0.25) is 9.48 Å². The van der Waals surface area contributed by atoms with E-state index in [0.29, 0.717) is 6.54 Å². The van der Waals surface area contributed by atoms with Crippen LogP contribution in [0.3, 0.4) is 0 Å². The average Bonchev–Trinajstić information content (AvgIpc) is 3.20. The lowest BCUT2D eigenvalue weighted by molar-refractivity contribution is -0.124. The third-order valence-electron chi connectivity index (χ3n) is 4.41. The molecule has 1 aliphatic rings. The summed E-state index contributed by atoms with van der Waals surface area (Å²) in [5.41, 5.74) is 2.22. The molecule has 7 heteroatoms. The van der Waals surface area contributed by atoms with E-state index in [0.717, 1.165) is 35.8 Å². The molecule has 0 saturated carbocycles. The summed E-state index contributed by atoms with van der Waals surface area (Å²) < 4.78 is 1.79. The Hall–Kier alpha value is -1.73.